The van der Waals surface area contributed by atoms with E-state index in [-0.39, 0.29) is 0 Å². The van der Waals surface area contributed by atoms with Crippen LogP contribution in [0.4, 0.5) is 5.69 Å². The molecule has 2 aromatic heterocycles. The van der Waals surface area contributed by atoms with E-state index < -0.39 is 0 Å². The normalized spacial score (nSPS) is 11.3. The van der Waals surface area contributed by atoms with Crippen LogP contribution in [0, 0.1) is 6.92 Å². The van der Waals surface area contributed by atoms with Crippen molar-refractivity contribution in [2.45, 2.75) is 6.92 Å². The summed E-state index contributed by atoms with van der Waals surface area (Å²) in [7, 11) is 6.01. The SMILES string of the molecule is CNc1cc(-c2c(-c3ccc(OCCN(C)C)cc3)[nH]c3nccc(Cl)c23)ccc1C. The number of likely N-dealkylation sites (N-methyl/N-ethyl adjacent to an activating group) is 1. The molecule has 2 N–H and O–H groups in total. The number of nitrogens with one attached hydrogen (secondary N) is 2. The van der Waals surface area contributed by atoms with Crippen LogP contribution in [0.15, 0.2) is 54.7 Å². The maximum absolute atomic E-state index is 6.63. The highest BCUT2D eigenvalue weighted by Crippen LogP contribution is 2.41. The summed E-state index contributed by atoms with van der Waals surface area (Å²) in [6.07, 6.45) is 1.73. The van der Waals surface area contributed by atoms with Crippen molar-refractivity contribution in [3.8, 4) is 28.1 Å². The Kier molecular flexibility index (Phi) is 6.16. The van der Waals surface area contributed by atoms with E-state index in [1.807, 2.05) is 39.3 Å². The lowest BCUT2D eigenvalue weighted by Gasteiger charge is -2.12. The molecular formula is C25H27ClN4O. The molecule has 4 aromatic rings. The van der Waals surface area contributed by atoms with Crippen LogP contribution in [0.3, 0.4) is 0 Å². The fraction of sp³-hybridized carbons (Fsp3) is 0.240. The van der Waals surface area contributed by atoms with Crippen molar-refractivity contribution in [1.29, 1.82) is 0 Å². The van der Waals surface area contributed by atoms with Crippen LogP contribution in [0.25, 0.3) is 33.4 Å². The Morgan fingerprint density at radius 2 is 1.81 bits per heavy atom. The number of hydrogen-bond acceptors (Lipinski definition) is 4. The molecule has 0 saturated heterocycles. The van der Waals surface area contributed by atoms with Gasteiger partial charge in [-0.2, -0.15) is 0 Å². The van der Waals surface area contributed by atoms with Gasteiger partial charge in [-0.05, 0) is 74.1 Å². The van der Waals surface area contributed by atoms with Crippen LogP contribution in [0.5, 0.6) is 5.75 Å². The van der Waals surface area contributed by atoms with Gasteiger partial charge in [-0.3, -0.25) is 0 Å². The molecule has 4 rings (SSSR count). The zero-order valence-electron chi connectivity index (χ0n) is 18.3. The molecule has 0 spiro atoms. The Labute approximate surface area is 188 Å². The average Bonchev–Trinajstić information content (AvgIpc) is 3.15. The fourth-order valence-corrected chi connectivity index (χ4v) is 3.93. The van der Waals surface area contributed by atoms with Crippen molar-refractivity contribution in [1.82, 2.24) is 14.9 Å². The average molecular weight is 435 g/mol. The van der Waals surface area contributed by atoms with E-state index in [1.54, 1.807) is 6.20 Å². The van der Waals surface area contributed by atoms with E-state index in [9.17, 15) is 0 Å². The Bertz CT molecular complexity index is 1200. The number of aromatic nitrogens is 2. The Morgan fingerprint density at radius 3 is 2.52 bits per heavy atom. The third-order valence-corrected chi connectivity index (χ3v) is 5.70. The van der Waals surface area contributed by atoms with E-state index in [2.05, 4.69) is 57.4 Å². The lowest BCUT2D eigenvalue weighted by Crippen LogP contribution is -2.19. The summed E-state index contributed by atoms with van der Waals surface area (Å²) >= 11 is 6.63. The number of pyridine rings is 1. The van der Waals surface area contributed by atoms with E-state index in [0.29, 0.717) is 11.6 Å². The van der Waals surface area contributed by atoms with Crippen LogP contribution < -0.4 is 10.1 Å². The highest BCUT2D eigenvalue weighted by Gasteiger charge is 2.19. The van der Waals surface area contributed by atoms with Crippen LogP contribution in [0.1, 0.15) is 5.56 Å². The number of hydrogen-bond donors (Lipinski definition) is 2. The monoisotopic (exact) mass is 434 g/mol. The predicted octanol–water partition coefficient (Wildman–Crippen LogP) is 5.84. The molecular weight excluding hydrogens is 408 g/mol. The zero-order chi connectivity index (χ0) is 22.0. The summed E-state index contributed by atoms with van der Waals surface area (Å²) in [5.74, 6) is 0.854. The van der Waals surface area contributed by atoms with Crippen molar-refractivity contribution in [2.24, 2.45) is 0 Å². The molecule has 0 atom stereocenters. The summed E-state index contributed by atoms with van der Waals surface area (Å²) in [6, 6.07) is 16.4. The van der Waals surface area contributed by atoms with Crippen LogP contribution in [0.2, 0.25) is 5.02 Å². The van der Waals surface area contributed by atoms with Crippen molar-refractivity contribution < 1.29 is 4.74 Å². The van der Waals surface area contributed by atoms with Crippen molar-refractivity contribution in [2.75, 3.05) is 39.6 Å². The van der Waals surface area contributed by atoms with E-state index >= 15 is 0 Å². The minimum Gasteiger partial charge on any atom is -0.492 e. The van der Waals surface area contributed by atoms with Crippen molar-refractivity contribution in [3.63, 3.8) is 0 Å². The first-order valence-electron chi connectivity index (χ1n) is 10.3. The smallest absolute Gasteiger partial charge is 0.139 e. The molecule has 5 nitrogen and oxygen atoms in total. The van der Waals surface area contributed by atoms with Gasteiger partial charge in [-0.1, -0.05) is 23.7 Å². The summed E-state index contributed by atoms with van der Waals surface area (Å²) in [6.45, 7) is 3.62. The topological polar surface area (TPSA) is 53.2 Å². The Hall–Kier alpha value is -3.02. The van der Waals surface area contributed by atoms with Crippen molar-refractivity contribution >= 4 is 28.3 Å². The molecule has 0 amide bonds. The summed E-state index contributed by atoms with van der Waals surface area (Å²) in [5, 5.41) is 4.88. The number of rotatable bonds is 7. The number of aryl methyl sites for hydroxylation is 1. The molecule has 160 valence electrons. The molecule has 0 saturated carbocycles. The standard InChI is InChI=1S/C25H27ClN4O/c1-16-5-6-18(15-21(16)27-2)22-23-20(26)11-12-28-25(23)29-24(22)17-7-9-19(10-8-17)31-14-13-30(3)4/h5-12,15,27H,13-14H2,1-4H3,(H,28,29). The second-order valence-electron chi connectivity index (χ2n) is 7.85. The van der Waals surface area contributed by atoms with Crippen LogP contribution >= 0.6 is 11.6 Å². The van der Waals surface area contributed by atoms with Gasteiger partial charge < -0.3 is 19.9 Å². The first-order chi connectivity index (χ1) is 15.0. The molecule has 2 heterocycles. The second kappa shape index (κ2) is 9.00. The van der Waals surface area contributed by atoms with Gasteiger partial charge in [-0.25, -0.2) is 4.98 Å². The summed E-state index contributed by atoms with van der Waals surface area (Å²) in [5.41, 5.74) is 7.22. The van der Waals surface area contributed by atoms with Gasteiger partial charge in [0, 0.05) is 36.4 Å². The molecule has 6 heteroatoms. The third kappa shape index (κ3) is 4.38. The Morgan fingerprint density at radius 1 is 1.06 bits per heavy atom. The molecule has 0 aliphatic rings. The lowest BCUT2D eigenvalue weighted by molar-refractivity contribution is 0.261. The Balaban J connectivity index is 1.80. The zero-order valence-corrected chi connectivity index (χ0v) is 19.0. The molecule has 0 aliphatic heterocycles. The number of ether oxygens (including phenoxy) is 1. The highest BCUT2D eigenvalue weighted by molar-refractivity contribution is 6.36. The number of nitrogens with zero attached hydrogens (tertiary/aromatic N) is 2. The van der Waals surface area contributed by atoms with Crippen molar-refractivity contribution in [3.05, 3.63) is 65.3 Å². The third-order valence-electron chi connectivity index (χ3n) is 5.39. The minimum atomic E-state index is 0.652. The van der Waals surface area contributed by atoms with E-state index in [4.69, 9.17) is 16.3 Å². The maximum atomic E-state index is 6.63. The van der Waals surface area contributed by atoms with Crippen LogP contribution in [-0.2, 0) is 0 Å². The maximum Gasteiger partial charge on any atom is 0.139 e. The van der Waals surface area contributed by atoms with Gasteiger partial charge in [0.25, 0.3) is 0 Å². The first-order valence-corrected chi connectivity index (χ1v) is 10.7. The fourth-order valence-electron chi connectivity index (χ4n) is 3.69. The van der Waals surface area contributed by atoms with Gasteiger partial charge >= 0.3 is 0 Å². The van der Waals surface area contributed by atoms with Gasteiger partial charge in [0.2, 0.25) is 0 Å². The number of anilines is 1. The molecule has 0 bridgehead atoms. The van der Waals surface area contributed by atoms with Crippen LogP contribution in [-0.4, -0.2) is 49.2 Å². The van der Waals surface area contributed by atoms with E-state index in [1.165, 1.54) is 5.56 Å². The predicted molar refractivity (Wildman–Crippen MR) is 130 cm³/mol. The molecule has 31 heavy (non-hydrogen) atoms. The first kappa shape index (κ1) is 21.2. The van der Waals surface area contributed by atoms with Gasteiger partial charge in [0.1, 0.15) is 18.0 Å². The number of benzene rings is 2. The van der Waals surface area contributed by atoms with Gasteiger partial charge in [0.15, 0.2) is 0 Å². The largest absolute Gasteiger partial charge is 0.492 e. The van der Waals surface area contributed by atoms with E-state index in [0.717, 1.165) is 51.4 Å². The molecule has 0 unspecified atom stereocenters. The summed E-state index contributed by atoms with van der Waals surface area (Å²) in [4.78, 5) is 10.1. The molecule has 0 radical (unpaired) electrons. The quantitative estimate of drug-likeness (QED) is 0.383. The molecule has 0 aliphatic carbocycles. The highest BCUT2D eigenvalue weighted by atomic mass is 35.5. The van der Waals surface area contributed by atoms with Gasteiger partial charge in [-0.15, -0.1) is 0 Å². The molecule has 2 aromatic carbocycles. The number of H-pyrrole nitrogens is 1. The minimum absolute atomic E-state index is 0.652. The van der Waals surface area contributed by atoms with Gasteiger partial charge in [0.05, 0.1) is 10.7 Å². The number of fused-ring (bicyclic) bond motifs is 1. The number of halogens is 1. The summed E-state index contributed by atoms with van der Waals surface area (Å²) < 4.78 is 5.85. The molecule has 0 fully saturated rings. The lowest BCUT2D eigenvalue weighted by atomic mass is 9.97. The second-order valence-corrected chi connectivity index (χ2v) is 8.25. The number of aromatic amines is 1.